The first-order valence-electron chi connectivity index (χ1n) is 8.52. The monoisotopic (exact) mass is 381 g/mol. The Hall–Kier alpha value is -2.83. The van der Waals surface area contributed by atoms with E-state index in [0.29, 0.717) is 17.9 Å². The highest BCUT2D eigenvalue weighted by molar-refractivity contribution is 7.11. The summed E-state index contributed by atoms with van der Waals surface area (Å²) in [7, 11) is 3.22. The van der Waals surface area contributed by atoms with Gasteiger partial charge in [-0.25, -0.2) is 5.06 Å². The van der Waals surface area contributed by atoms with Gasteiger partial charge in [-0.05, 0) is 35.4 Å². The zero-order valence-corrected chi connectivity index (χ0v) is 15.8. The number of methoxy groups -OCH3 is 2. The maximum Gasteiger partial charge on any atom is 0.167 e. The average molecular weight is 381 g/mol. The number of fused-ring (bicyclic) bond motifs is 1. The maximum atomic E-state index is 12.7. The van der Waals surface area contributed by atoms with E-state index in [4.69, 9.17) is 9.47 Å². The molecule has 27 heavy (non-hydrogen) atoms. The number of hydrogen-bond acceptors (Lipinski definition) is 6. The van der Waals surface area contributed by atoms with Gasteiger partial charge < -0.3 is 9.47 Å². The van der Waals surface area contributed by atoms with Crippen molar-refractivity contribution in [3.8, 4) is 22.6 Å². The molecule has 3 aromatic rings. The number of hydrogen-bond donors (Lipinski definition) is 1. The summed E-state index contributed by atoms with van der Waals surface area (Å²) in [6.07, 6.45) is 0.309. The second-order valence-corrected chi connectivity index (χ2v) is 7.28. The van der Waals surface area contributed by atoms with E-state index in [1.165, 1.54) is 11.3 Å². The number of hydroxylamine groups is 1. The minimum Gasteiger partial charge on any atom is -0.497 e. The predicted molar refractivity (Wildman–Crippen MR) is 105 cm³/mol. The lowest BCUT2D eigenvalue weighted by atomic mass is 9.93. The van der Waals surface area contributed by atoms with Crippen LogP contribution in [-0.4, -0.2) is 25.2 Å². The lowest BCUT2D eigenvalue weighted by molar-refractivity contribution is -0.121. The molecule has 0 spiro atoms. The standard InChI is InChI=1S/C21H19NO4S/c1-25-15-7-3-13(4-8-15)17-12-27-19-11-18(23)20(22(24)21(17)19)14-5-9-16(26-2)10-6-14/h3-10,12,20,24H,11H2,1-2H3. The Kier molecular flexibility index (Phi) is 4.59. The van der Waals surface area contributed by atoms with Gasteiger partial charge >= 0.3 is 0 Å². The Labute approximate surface area is 161 Å². The summed E-state index contributed by atoms with van der Waals surface area (Å²) in [5, 5.41) is 14.1. The zero-order chi connectivity index (χ0) is 19.0. The van der Waals surface area contributed by atoms with Crippen LogP contribution in [0.5, 0.6) is 11.5 Å². The SMILES string of the molecule is COc1ccc(-c2csc3c2N(O)C(c2ccc(OC)cc2)C(=O)C3)cc1. The number of ether oxygens (including phenoxy) is 2. The second kappa shape index (κ2) is 7.06. The van der Waals surface area contributed by atoms with E-state index in [1.54, 1.807) is 26.4 Å². The molecule has 0 saturated heterocycles. The Balaban J connectivity index is 1.73. The van der Waals surface area contributed by atoms with Crippen LogP contribution in [0.2, 0.25) is 0 Å². The molecule has 0 aliphatic carbocycles. The smallest absolute Gasteiger partial charge is 0.167 e. The Bertz CT molecular complexity index is 963. The minimum absolute atomic E-state index is 0.0294. The second-order valence-electron chi connectivity index (χ2n) is 6.31. The van der Waals surface area contributed by atoms with Crippen molar-refractivity contribution in [2.24, 2.45) is 0 Å². The van der Waals surface area contributed by atoms with Gasteiger partial charge in [-0.15, -0.1) is 11.3 Å². The van der Waals surface area contributed by atoms with Crippen LogP contribution >= 0.6 is 11.3 Å². The summed E-state index contributed by atoms with van der Waals surface area (Å²) in [6.45, 7) is 0. The van der Waals surface area contributed by atoms with Gasteiger partial charge in [0.05, 0.1) is 19.9 Å². The van der Waals surface area contributed by atoms with Crippen LogP contribution in [0.4, 0.5) is 5.69 Å². The fraction of sp³-hybridized carbons (Fsp3) is 0.190. The highest BCUT2D eigenvalue weighted by Gasteiger charge is 2.36. The first-order chi connectivity index (χ1) is 13.1. The largest absolute Gasteiger partial charge is 0.497 e. The van der Waals surface area contributed by atoms with Crippen molar-refractivity contribution in [3.05, 3.63) is 64.4 Å². The van der Waals surface area contributed by atoms with Crippen molar-refractivity contribution in [2.45, 2.75) is 12.5 Å². The minimum atomic E-state index is -0.727. The van der Waals surface area contributed by atoms with Crippen molar-refractivity contribution in [2.75, 3.05) is 19.3 Å². The molecule has 2 heterocycles. The van der Waals surface area contributed by atoms with E-state index in [0.717, 1.165) is 32.4 Å². The number of ketones is 1. The normalized spacial score (nSPS) is 16.2. The van der Waals surface area contributed by atoms with Gasteiger partial charge in [-0.3, -0.25) is 10.0 Å². The van der Waals surface area contributed by atoms with E-state index in [2.05, 4.69) is 0 Å². The number of carbonyl (C=O) groups is 1. The lowest BCUT2D eigenvalue weighted by Gasteiger charge is -2.32. The molecule has 0 bridgehead atoms. The number of thiophene rings is 1. The molecule has 0 fully saturated rings. The van der Waals surface area contributed by atoms with Gasteiger partial charge in [0.2, 0.25) is 0 Å². The molecule has 1 aliphatic heterocycles. The summed E-state index contributed by atoms with van der Waals surface area (Å²) in [5.41, 5.74) is 3.31. The average Bonchev–Trinajstić information content (AvgIpc) is 3.12. The molecule has 138 valence electrons. The number of carbonyl (C=O) groups excluding carboxylic acids is 1. The summed E-state index contributed by atoms with van der Waals surface area (Å²) < 4.78 is 10.4. The van der Waals surface area contributed by atoms with Gasteiger partial charge in [0.15, 0.2) is 5.78 Å². The van der Waals surface area contributed by atoms with Gasteiger partial charge in [0.1, 0.15) is 17.5 Å². The molecule has 1 unspecified atom stereocenters. The van der Waals surface area contributed by atoms with E-state index in [-0.39, 0.29) is 5.78 Å². The third kappa shape index (κ3) is 3.07. The summed E-state index contributed by atoms with van der Waals surface area (Å²) in [6, 6.07) is 14.2. The fourth-order valence-corrected chi connectivity index (χ4v) is 4.43. The van der Waals surface area contributed by atoms with Crippen molar-refractivity contribution >= 4 is 22.8 Å². The molecule has 1 N–H and O–H groups in total. The van der Waals surface area contributed by atoms with E-state index in [9.17, 15) is 10.0 Å². The zero-order valence-electron chi connectivity index (χ0n) is 15.0. The molecular formula is C21H19NO4S. The number of nitrogens with zero attached hydrogens (tertiary/aromatic N) is 1. The first-order valence-corrected chi connectivity index (χ1v) is 9.40. The third-order valence-electron chi connectivity index (χ3n) is 4.78. The molecule has 5 nitrogen and oxygen atoms in total. The predicted octanol–water partition coefficient (Wildman–Crippen LogP) is 4.49. The highest BCUT2D eigenvalue weighted by Crippen LogP contribution is 2.45. The summed E-state index contributed by atoms with van der Waals surface area (Å²) in [5.74, 6) is 1.45. The van der Waals surface area contributed by atoms with Crippen LogP contribution in [-0.2, 0) is 11.2 Å². The first kappa shape index (κ1) is 17.6. The van der Waals surface area contributed by atoms with Crippen molar-refractivity contribution in [1.29, 1.82) is 0 Å². The summed E-state index contributed by atoms with van der Waals surface area (Å²) in [4.78, 5) is 13.6. The topological polar surface area (TPSA) is 59.0 Å². The molecule has 6 heteroatoms. The lowest BCUT2D eigenvalue weighted by Crippen LogP contribution is -2.36. The molecule has 4 rings (SSSR count). The van der Waals surface area contributed by atoms with Crippen LogP contribution in [0.1, 0.15) is 16.5 Å². The van der Waals surface area contributed by atoms with Gasteiger partial charge in [0.25, 0.3) is 0 Å². The molecule has 1 aliphatic rings. The highest BCUT2D eigenvalue weighted by atomic mass is 32.1. The fourth-order valence-electron chi connectivity index (χ4n) is 3.38. The van der Waals surface area contributed by atoms with Crippen molar-refractivity contribution in [3.63, 3.8) is 0 Å². The number of anilines is 1. The molecule has 1 atom stereocenters. The van der Waals surface area contributed by atoms with E-state index < -0.39 is 6.04 Å². The summed E-state index contributed by atoms with van der Waals surface area (Å²) >= 11 is 1.49. The quantitative estimate of drug-likeness (QED) is 0.721. The Morgan fingerprint density at radius 2 is 1.59 bits per heavy atom. The molecular weight excluding hydrogens is 362 g/mol. The number of rotatable bonds is 4. The van der Waals surface area contributed by atoms with Gasteiger partial charge in [0, 0.05) is 22.2 Å². The van der Waals surface area contributed by atoms with Crippen LogP contribution in [0.15, 0.2) is 53.9 Å². The Morgan fingerprint density at radius 1 is 1.00 bits per heavy atom. The molecule has 2 aromatic carbocycles. The van der Waals surface area contributed by atoms with Crippen LogP contribution < -0.4 is 14.5 Å². The van der Waals surface area contributed by atoms with Gasteiger partial charge in [-0.2, -0.15) is 0 Å². The van der Waals surface area contributed by atoms with E-state index >= 15 is 0 Å². The molecule has 0 radical (unpaired) electrons. The number of Topliss-reactive ketones (excluding diaryl/α,β-unsaturated/α-hetero) is 1. The van der Waals surface area contributed by atoms with Crippen molar-refractivity contribution < 1.29 is 19.5 Å². The Morgan fingerprint density at radius 3 is 2.19 bits per heavy atom. The maximum absolute atomic E-state index is 12.7. The third-order valence-corrected chi connectivity index (χ3v) is 5.76. The van der Waals surface area contributed by atoms with Crippen LogP contribution in [0.3, 0.4) is 0 Å². The molecule has 0 amide bonds. The van der Waals surface area contributed by atoms with Crippen molar-refractivity contribution in [1.82, 2.24) is 0 Å². The molecule has 1 aromatic heterocycles. The van der Waals surface area contributed by atoms with Gasteiger partial charge in [-0.1, -0.05) is 24.3 Å². The molecule has 0 saturated carbocycles. The number of benzene rings is 2. The van der Waals surface area contributed by atoms with Crippen LogP contribution in [0.25, 0.3) is 11.1 Å². The van der Waals surface area contributed by atoms with Crippen LogP contribution in [0, 0.1) is 0 Å². The van der Waals surface area contributed by atoms with E-state index in [1.807, 2.05) is 41.8 Å².